The van der Waals surface area contributed by atoms with Gasteiger partial charge in [0.2, 0.25) is 0 Å². The maximum Gasteiger partial charge on any atom is 0.123 e. The van der Waals surface area contributed by atoms with Gasteiger partial charge in [0, 0.05) is 0 Å². The fourth-order valence-electron chi connectivity index (χ4n) is 3.31. The number of hydrogen-bond acceptors (Lipinski definition) is 1. The van der Waals surface area contributed by atoms with Crippen LogP contribution in [-0.4, -0.2) is 11.2 Å². The Labute approximate surface area is 131 Å². The fraction of sp³-hybridized carbons (Fsp3) is 0.400. The second kappa shape index (κ2) is 7.06. The van der Waals surface area contributed by atoms with E-state index in [4.69, 9.17) is 0 Å². The topological polar surface area (TPSA) is 20.2 Å². The van der Waals surface area contributed by atoms with Gasteiger partial charge in [-0.25, -0.2) is 4.39 Å². The van der Waals surface area contributed by atoms with E-state index in [1.165, 1.54) is 24.1 Å². The number of aryl methyl sites for hydroxylation is 1. The van der Waals surface area contributed by atoms with Gasteiger partial charge < -0.3 is 5.11 Å². The molecule has 1 saturated carbocycles. The highest BCUT2D eigenvalue weighted by molar-refractivity contribution is 5.63. The minimum absolute atomic E-state index is 0.0637. The van der Waals surface area contributed by atoms with Crippen LogP contribution in [0.3, 0.4) is 0 Å². The zero-order valence-corrected chi connectivity index (χ0v) is 12.8. The molecule has 2 aromatic carbocycles. The lowest BCUT2D eigenvalue weighted by Crippen LogP contribution is -2.18. The van der Waals surface area contributed by atoms with E-state index in [1.54, 1.807) is 0 Å². The third-order valence-corrected chi connectivity index (χ3v) is 4.79. The summed E-state index contributed by atoms with van der Waals surface area (Å²) in [7, 11) is 0. The van der Waals surface area contributed by atoms with Gasteiger partial charge in [-0.2, -0.15) is 0 Å². The van der Waals surface area contributed by atoms with Crippen LogP contribution in [0.2, 0.25) is 0 Å². The van der Waals surface area contributed by atoms with Crippen molar-refractivity contribution in [1.82, 2.24) is 0 Å². The number of aliphatic hydroxyl groups excluding tert-OH is 1. The van der Waals surface area contributed by atoms with Crippen molar-refractivity contribution < 1.29 is 9.50 Å². The number of halogens is 1. The van der Waals surface area contributed by atoms with Gasteiger partial charge in [-0.05, 0) is 73.3 Å². The van der Waals surface area contributed by atoms with Gasteiger partial charge in [-0.3, -0.25) is 0 Å². The molecule has 2 aromatic rings. The zero-order valence-electron chi connectivity index (χ0n) is 12.8. The van der Waals surface area contributed by atoms with Gasteiger partial charge in [0.05, 0.1) is 6.10 Å². The summed E-state index contributed by atoms with van der Waals surface area (Å²) in [6, 6.07) is 15.2. The summed E-state index contributed by atoms with van der Waals surface area (Å²) in [5.41, 5.74) is 3.54. The van der Waals surface area contributed by atoms with Crippen molar-refractivity contribution in [2.24, 2.45) is 5.92 Å². The molecule has 0 saturated heterocycles. The first-order chi connectivity index (χ1) is 10.7. The second-order valence-corrected chi connectivity index (χ2v) is 6.42. The van der Waals surface area contributed by atoms with Gasteiger partial charge in [0.1, 0.15) is 5.82 Å². The maximum atomic E-state index is 13.0. The molecule has 3 rings (SSSR count). The normalized spacial score (nSPS) is 21.7. The monoisotopic (exact) mass is 298 g/mol. The molecule has 0 heterocycles. The van der Waals surface area contributed by atoms with Crippen LogP contribution in [-0.2, 0) is 6.42 Å². The summed E-state index contributed by atoms with van der Waals surface area (Å²) in [4.78, 5) is 0. The summed E-state index contributed by atoms with van der Waals surface area (Å²) < 4.78 is 13.0. The Balaban J connectivity index is 1.56. The molecule has 22 heavy (non-hydrogen) atoms. The highest BCUT2D eigenvalue weighted by atomic mass is 19.1. The van der Waals surface area contributed by atoms with Crippen LogP contribution in [0.5, 0.6) is 0 Å². The molecule has 0 spiro atoms. The van der Waals surface area contributed by atoms with Gasteiger partial charge in [0.15, 0.2) is 0 Å². The largest absolute Gasteiger partial charge is 0.393 e. The Morgan fingerprint density at radius 3 is 1.95 bits per heavy atom. The Morgan fingerprint density at radius 1 is 0.818 bits per heavy atom. The lowest BCUT2D eigenvalue weighted by molar-refractivity contribution is 0.106. The van der Waals surface area contributed by atoms with E-state index in [0.717, 1.165) is 49.1 Å². The molecule has 1 nitrogen and oxygen atoms in total. The standard InChI is InChI=1S/C20H23FO/c21-19-11-9-18(10-12-19)17-7-3-15(4-8-17)1-2-16-5-13-20(22)14-6-16/h3-4,7-12,16,20,22H,1-2,5-6,13-14H2. The van der Waals surface area contributed by atoms with E-state index >= 15 is 0 Å². The van der Waals surface area contributed by atoms with Crippen molar-refractivity contribution in [3.8, 4) is 11.1 Å². The van der Waals surface area contributed by atoms with E-state index in [1.807, 2.05) is 12.1 Å². The van der Waals surface area contributed by atoms with Crippen LogP contribution in [0.4, 0.5) is 4.39 Å². The number of hydrogen-bond donors (Lipinski definition) is 1. The van der Waals surface area contributed by atoms with Crippen molar-refractivity contribution in [3.05, 3.63) is 59.9 Å². The van der Waals surface area contributed by atoms with Crippen molar-refractivity contribution in [3.63, 3.8) is 0 Å². The molecule has 0 amide bonds. The smallest absolute Gasteiger partial charge is 0.123 e. The van der Waals surface area contributed by atoms with Crippen molar-refractivity contribution in [2.75, 3.05) is 0 Å². The Kier molecular flexibility index (Phi) is 4.89. The summed E-state index contributed by atoms with van der Waals surface area (Å²) in [5.74, 6) is 0.568. The lowest BCUT2D eigenvalue weighted by atomic mass is 9.84. The first-order valence-corrected chi connectivity index (χ1v) is 8.23. The molecule has 0 radical (unpaired) electrons. The van der Waals surface area contributed by atoms with Gasteiger partial charge in [0.25, 0.3) is 0 Å². The molecule has 0 atom stereocenters. The van der Waals surface area contributed by atoms with Crippen LogP contribution >= 0.6 is 0 Å². The van der Waals surface area contributed by atoms with E-state index < -0.39 is 0 Å². The molecule has 1 fully saturated rings. The molecule has 0 aliphatic heterocycles. The van der Waals surface area contributed by atoms with E-state index in [2.05, 4.69) is 24.3 Å². The molecule has 1 aliphatic rings. The van der Waals surface area contributed by atoms with E-state index in [-0.39, 0.29) is 11.9 Å². The molecule has 0 unspecified atom stereocenters. The van der Waals surface area contributed by atoms with Crippen LogP contribution in [0.25, 0.3) is 11.1 Å². The first kappa shape index (κ1) is 15.2. The first-order valence-electron chi connectivity index (χ1n) is 8.23. The Bertz CT molecular complexity index is 580. The molecular formula is C20H23FO. The predicted molar refractivity (Wildman–Crippen MR) is 88.1 cm³/mol. The predicted octanol–water partition coefficient (Wildman–Crippen LogP) is 4.98. The van der Waals surface area contributed by atoms with Crippen molar-refractivity contribution in [1.29, 1.82) is 0 Å². The molecular weight excluding hydrogens is 275 g/mol. The molecule has 2 heteroatoms. The zero-order chi connectivity index (χ0) is 15.4. The third-order valence-electron chi connectivity index (χ3n) is 4.79. The number of benzene rings is 2. The maximum absolute atomic E-state index is 13.0. The summed E-state index contributed by atoms with van der Waals surface area (Å²) in [6.07, 6.45) is 6.50. The van der Waals surface area contributed by atoms with Gasteiger partial charge in [-0.1, -0.05) is 36.4 Å². The van der Waals surface area contributed by atoms with E-state index in [0.29, 0.717) is 0 Å². The Morgan fingerprint density at radius 2 is 1.36 bits per heavy atom. The van der Waals surface area contributed by atoms with Crippen LogP contribution in [0.15, 0.2) is 48.5 Å². The van der Waals surface area contributed by atoms with Gasteiger partial charge >= 0.3 is 0 Å². The van der Waals surface area contributed by atoms with Crippen molar-refractivity contribution in [2.45, 2.75) is 44.6 Å². The van der Waals surface area contributed by atoms with Crippen LogP contribution in [0.1, 0.15) is 37.7 Å². The summed E-state index contributed by atoms with van der Waals surface area (Å²) in [5, 5.41) is 9.54. The highest BCUT2D eigenvalue weighted by Crippen LogP contribution is 2.28. The lowest BCUT2D eigenvalue weighted by Gasteiger charge is -2.25. The minimum Gasteiger partial charge on any atom is -0.393 e. The third kappa shape index (κ3) is 3.95. The van der Waals surface area contributed by atoms with E-state index in [9.17, 15) is 9.50 Å². The van der Waals surface area contributed by atoms with Crippen LogP contribution in [0, 0.1) is 11.7 Å². The molecule has 0 aromatic heterocycles. The summed E-state index contributed by atoms with van der Waals surface area (Å²) in [6.45, 7) is 0. The molecule has 0 bridgehead atoms. The molecule has 1 aliphatic carbocycles. The average molecular weight is 298 g/mol. The van der Waals surface area contributed by atoms with Gasteiger partial charge in [-0.15, -0.1) is 0 Å². The number of rotatable bonds is 4. The fourth-order valence-corrected chi connectivity index (χ4v) is 3.31. The van der Waals surface area contributed by atoms with Crippen LogP contribution < -0.4 is 0 Å². The minimum atomic E-state index is -0.196. The second-order valence-electron chi connectivity index (χ2n) is 6.42. The van der Waals surface area contributed by atoms with Crippen molar-refractivity contribution >= 4 is 0 Å². The Hall–Kier alpha value is -1.67. The molecule has 116 valence electrons. The number of aliphatic hydroxyl groups is 1. The average Bonchev–Trinajstić information content (AvgIpc) is 2.56. The highest BCUT2D eigenvalue weighted by Gasteiger charge is 2.18. The SMILES string of the molecule is OC1CCC(CCc2ccc(-c3ccc(F)cc3)cc2)CC1. The summed E-state index contributed by atoms with van der Waals surface area (Å²) >= 11 is 0. The molecule has 1 N–H and O–H groups in total. The quantitative estimate of drug-likeness (QED) is 0.844.